The number of hydrogen-bond acceptors (Lipinski definition) is 3. The predicted octanol–water partition coefficient (Wildman–Crippen LogP) is 2.21. The molecular weight excluding hydrogens is 218 g/mol. The van der Waals surface area contributed by atoms with Crippen LogP contribution in [-0.2, 0) is 4.79 Å². The van der Waals surface area contributed by atoms with Crippen LogP contribution in [0.1, 0.15) is 31.9 Å². The first-order valence-electron chi connectivity index (χ1n) is 5.75. The molecule has 0 saturated carbocycles. The molecule has 4 heteroatoms. The molecular formula is C13H19NO3. The van der Waals surface area contributed by atoms with Crippen LogP contribution in [0.4, 0.5) is 0 Å². The van der Waals surface area contributed by atoms with Gasteiger partial charge < -0.3 is 15.2 Å². The lowest BCUT2D eigenvalue weighted by atomic mass is 10.1. The van der Waals surface area contributed by atoms with Crippen LogP contribution in [0.15, 0.2) is 24.3 Å². The predicted molar refractivity (Wildman–Crippen MR) is 66.3 cm³/mol. The van der Waals surface area contributed by atoms with Crippen molar-refractivity contribution in [1.29, 1.82) is 0 Å². The summed E-state index contributed by atoms with van der Waals surface area (Å²) in [6.07, 6.45) is -0.337. The molecule has 1 aromatic carbocycles. The summed E-state index contributed by atoms with van der Waals surface area (Å²) >= 11 is 0. The summed E-state index contributed by atoms with van der Waals surface area (Å²) in [5, 5.41) is 12.0. The summed E-state index contributed by atoms with van der Waals surface area (Å²) in [7, 11) is 1.88. The van der Waals surface area contributed by atoms with Gasteiger partial charge in [-0.2, -0.15) is 0 Å². The number of rotatable bonds is 6. The van der Waals surface area contributed by atoms with E-state index in [9.17, 15) is 4.79 Å². The summed E-state index contributed by atoms with van der Waals surface area (Å²) < 4.78 is 5.43. The van der Waals surface area contributed by atoms with E-state index in [1.54, 1.807) is 13.0 Å². The molecule has 0 spiro atoms. The molecule has 4 nitrogen and oxygen atoms in total. The highest BCUT2D eigenvalue weighted by atomic mass is 16.5. The van der Waals surface area contributed by atoms with Gasteiger partial charge in [-0.25, -0.2) is 4.79 Å². The van der Waals surface area contributed by atoms with Gasteiger partial charge in [-0.05, 0) is 38.1 Å². The Labute approximate surface area is 102 Å². The van der Waals surface area contributed by atoms with Crippen LogP contribution in [-0.4, -0.2) is 24.2 Å². The summed E-state index contributed by atoms with van der Waals surface area (Å²) in [6.45, 7) is 3.83. The second-order valence-corrected chi connectivity index (χ2v) is 3.94. The van der Waals surface area contributed by atoms with Crippen molar-refractivity contribution in [3.05, 3.63) is 29.8 Å². The van der Waals surface area contributed by atoms with Gasteiger partial charge in [0, 0.05) is 6.04 Å². The minimum absolute atomic E-state index is 0.212. The van der Waals surface area contributed by atoms with Crippen LogP contribution in [0.3, 0.4) is 0 Å². The van der Waals surface area contributed by atoms with Crippen molar-refractivity contribution in [3.63, 3.8) is 0 Å². The summed E-state index contributed by atoms with van der Waals surface area (Å²) in [5.41, 5.74) is 1.07. The molecule has 0 heterocycles. The van der Waals surface area contributed by atoms with Crippen molar-refractivity contribution in [3.8, 4) is 5.75 Å². The first-order valence-corrected chi connectivity index (χ1v) is 5.75. The maximum atomic E-state index is 10.9. The van der Waals surface area contributed by atoms with Crippen molar-refractivity contribution < 1.29 is 14.6 Å². The molecule has 0 aliphatic carbocycles. The molecule has 0 aromatic heterocycles. The van der Waals surface area contributed by atoms with Crippen molar-refractivity contribution in [2.24, 2.45) is 0 Å². The number of carboxylic acid groups (broad SMARTS) is 1. The van der Waals surface area contributed by atoms with E-state index in [1.807, 2.05) is 32.2 Å². The molecule has 0 aliphatic rings. The first kappa shape index (κ1) is 13.5. The van der Waals surface area contributed by atoms with Gasteiger partial charge in [0.05, 0.1) is 0 Å². The lowest BCUT2D eigenvalue weighted by molar-refractivity contribution is -0.145. The van der Waals surface area contributed by atoms with Gasteiger partial charge in [0.1, 0.15) is 5.75 Å². The average Bonchev–Trinajstić information content (AvgIpc) is 2.34. The standard InChI is InChI=1S/C13H19NO3/c1-4-12(13(15)16)17-11-7-5-6-10(8-11)9(2)14-3/h5-9,12,14H,4H2,1-3H3,(H,15,16). The fourth-order valence-electron chi connectivity index (χ4n) is 1.50. The number of ether oxygens (including phenoxy) is 1. The van der Waals surface area contributed by atoms with E-state index < -0.39 is 12.1 Å². The number of carboxylic acids is 1. The highest BCUT2D eigenvalue weighted by Gasteiger charge is 2.16. The molecule has 94 valence electrons. The monoisotopic (exact) mass is 237 g/mol. The molecule has 0 fully saturated rings. The van der Waals surface area contributed by atoms with Gasteiger partial charge >= 0.3 is 5.97 Å². The van der Waals surface area contributed by atoms with Crippen LogP contribution < -0.4 is 10.1 Å². The Hall–Kier alpha value is -1.55. The highest BCUT2D eigenvalue weighted by Crippen LogP contribution is 2.20. The van der Waals surface area contributed by atoms with Crippen LogP contribution in [0.2, 0.25) is 0 Å². The minimum Gasteiger partial charge on any atom is -0.479 e. The van der Waals surface area contributed by atoms with Crippen molar-refractivity contribution in [1.82, 2.24) is 5.32 Å². The van der Waals surface area contributed by atoms with Gasteiger partial charge in [-0.1, -0.05) is 19.1 Å². The second kappa shape index (κ2) is 6.25. The van der Waals surface area contributed by atoms with E-state index >= 15 is 0 Å². The van der Waals surface area contributed by atoms with Crippen LogP contribution in [0.5, 0.6) is 5.75 Å². The zero-order valence-electron chi connectivity index (χ0n) is 10.4. The van der Waals surface area contributed by atoms with Crippen LogP contribution in [0, 0.1) is 0 Å². The summed E-state index contributed by atoms with van der Waals surface area (Å²) in [6, 6.07) is 7.70. The number of benzene rings is 1. The van der Waals surface area contributed by atoms with E-state index in [2.05, 4.69) is 5.32 Å². The summed E-state index contributed by atoms with van der Waals surface area (Å²) in [5.74, 6) is -0.335. The molecule has 0 radical (unpaired) electrons. The third kappa shape index (κ3) is 3.75. The zero-order chi connectivity index (χ0) is 12.8. The van der Waals surface area contributed by atoms with Crippen molar-refractivity contribution in [2.45, 2.75) is 32.4 Å². The Morgan fingerprint density at radius 1 is 1.53 bits per heavy atom. The Kier molecular flexibility index (Phi) is 4.97. The molecule has 0 saturated heterocycles. The normalized spacial score (nSPS) is 14.1. The van der Waals surface area contributed by atoms with Crippen molar-refractivity contribution >= 4 is 5.97 Å². The zero-order valence-corrected chi connectivity index (χ0v) is 10.4. The molecule has 0 amide bonds. The summed E-state index contributed by atoms with van der Waals surface area (Å²) in [4.78, 5) is 10.9. The van der Waals surface area contributed by atoms with Gasteiger partial charge in [0.15, 0.2) is 6.10 Å². The Bertz CT molecular complexity index is 379. The van der Waals surface area contributed by atoms with Gasteiger partial charge in [-0.15, -0.1) is 0 Å². The SMILES string of the molecule is CCC(Oc1cccc(C(C)NC)c1)C(=O)O. The van der Waals surface area contributed by atoms with Crippen molar-refractivity contribution in [2.75, 3.05) is 7.05 Å². The first-order chi connectivity index (χ1) is 8.08. The second-order valence-electron chi connectivity index (χ2n) is 3.94. The fourth-order valence-corrected chi connectivity index (χ4v) is 1.50. The minimum atomic E-state index is -0.931. The lowest BCUT2D eigenvalue weighted by Crippen LogP contribution is -2.26. The maximum absolute atomic E-state index is 10.9. The molecule has 17 heavy (non-hydrogen) atoms. The maximum Gasteiger partial charge on any atom is 0.344 e. The highest BCUT2D eigenvalue weighted by molar-refractivity contribution is 5.72. The number of nitrogens with one attached hydrogen (secondary N) is 1. The Morgan fingerprint density at radius 3 is 2.76 bits per heavy atom. The topological polar surface area (TPSA) is 58.6 Å². The van der Waals surface area contributed by atoms with Crippen LogP contribution in [0.25, 0.3) is 0 Å². The third-order valence-corrected chi connectivity index (χ3v) is 2.72. The lowest BCUT2D eigenvalue weighted by Gasteiger charge is -2.16. The number of carbonyl (C=O) groups is 1. The Balaban J connectivity index is 2.81. The van der Waals surface area contributed by atoms with Gasteiger partial charge in [-0.3, -0.25) is 0 Å². The number of hydrogen-bond donors (Lipinski definition) is 2. The van der Waals surface area contributed by atoms with E-state index in [4.69, 9.17) is 9.84 Å². The molecule has 1 rings (SSSR count). The smallest absolute Gasteiger partial charge is 0.344 e. The van der Waals surface area contributed by atoms with Gasteiger partial charge in [0.25, 0.3) is 0 Å². The third-order valence-electron chi connectivity index (χ3n) is 2.72. The van der Waals surface area contributed by atoms with E-state index in [-0.39, 0.29) is 6.04 Å². The van der Waals surface area contributed by atoms with E-state index in [1.165, 1.54) is 0 Å². The van der Waals surface area contributed by atoms with E-state index in [0.29, 0.717) is 12.2 Å². The molecule has 2 unspecified atom stereocenters. The van der Waals surface area contributed by atoms with Gasteiger partial charge in [0.2, 0.25) is 0 Å². The Morgan fingerprint density at radius 2 is 2.24 bits per heavy atom. The average molecular weight is 237 g/mol. The quantitative estimate of drug-likeness (QED) is 0.796. The molecule has 0 aliphatic heterocycles. The fraction of sp³-hybridized carbons (Fsp3) is 0.462. The molecule has 0 bridgehead atoms. The largest absolute Gasteiger partial charge is 0.479 e. The molecule has 1 aromatic rings. The van der Waals surface area contributed by atoms with Crippen LogP contribution >= 0.6 is 0 Å². The van der Waals surface area contributed by atoms with E-state index in [0.717, 1.165) is 5.56 Å². The molecule has 2 N–H and O–H groups in total. The molecule has 2 atom stereocenters. The number of aliphatic carboxylic acids is 1.